The number of ether oxygens (including phenoxy) is 2. The van der Waals surface area contributed by atoms with Crippen molar-refractivity contribution in [2.45, 2.75) is 51.6 Å². The maximum absolute atomic E-state index is 12.9. The molecule has 0 radical (unpaired) electrons. The van der Waals surface area contributed by atoms with Crippen LogP contribution in [0, 0.1) is 12.8 Å². The Labute approximate surface area is 184 Å². The largest absolute Gasteiger partial charge is 0.490 e. The fourth-order valence-electron chi connectivity index (χ4n) is 4.20. The molecule has 1 saturated heterocycles. The van der Waals surface area contributed by atoms with Gasteiger partial charge in [-0.1, -0.05) is 6.42 Å². The van der Waals surface area contributed by atoms with Crippen LogP contribution >= 0.6 is 0 Å². The highest BCUT2D eigenvalue weighted by molar-refractivity contribution is 5.98. The van der Waals surface area contributed by atoms with Gasteiger partial charge in [0.05, 0.1) is 24.9 Å². The molecule has 3 rings (SSSR count). The first kappa shape index (κ1) is 23.3. The average Bonchev–Trinajstić information content (AvgIpc) is 2.97. The topological polar surface area (TPSA) is 114 Å². The van der Waals surface area contributed by atoms with Crippen molar-refractivity contribution in [2.24, 2.45) is 11.7 Å². The molecular weight excluding hydrogens is 398 g/mol. The molecular formula is C23H35N3O5. The van der Waals surface area contributed by atoms with Gasteiger partial charge in [0.1, 0.15) is 0 Å². The zero-order chi connectivity index (χ0) is 22.2. The number of primary amides is 1. The van der Waals surface area contributed by atoms with Crippen LogP contribution in [0.15, 0.2) is 12.1 Å². The van der Waals surface area contributed by atoms with E-state index >= 15 is 0 Å². The summed E-state index contributed by atoms with van der Waals surface area (Å²) in [4.78, 5) is 25.9. The number of carbonyl (C=O) groups excluding carboxylic acids is 2. The van der Waals surface area contributed by atoms with Crippen LogP contribution in [0.5, 0.6) is 11.5 Å². The third-order valence-corrected chi connectivity index (χ3v) is 5.96. The number of amides is 2. The first-order valence-electron chi connectivity index (χ1n) is 11.3. The summed E-state index contributed by atoms with van der Waals surface area (Å²) in [6.07, 6.45) is 4.33. The number of hydrogen-bond acceptors (Lipinski definition) is 6. The lowest BCUT2D eigenvalue weighted by Gasteiger charge is -2.36. The van der Waals surface area contributed by atoms with E-state index in [1.165, 1.54) is 0 Å². The van der Waals surface area contributed by atoms with Crippen LogP contribution in [0.4, 0.5) is 0 Å². The summed E-state index contributed by atoms with van der Waals surface area (Å²) >= 11 is 0. The van der Waals surface area contributed by atoms with Gasteiger partial charge in [0, 0.05) is 31.8 Å². The predicted octanol–water partition coefficient (Wildman–Crippen LogP) is 1.61. The number of rotatable bonds is 9. The number of nitrogens with two attached hydrogens (primary N) is 1. The van der Waals surface area contributed by atoms with Gasteiger partial charge in [0.15, 0.2) is 11.5 Å². The van der Waals surface area contributed by atoms with E-state index in [1.807, 2.05) is 19.1 Å². The van der Waals surface area contributed by atoms with E-state index in [9.17, 15) is 14.7 Å². The number of aliphatic hydroxyl groups is 1. The molecule has 8 heteroatoms. The lowest BCUT2D eigenvalue weighted by molar-refractivity contribution is -0.118. The average molecular weight is 434 g/mol. The molecule has 8 nitrogen and oxygen atoms in total. The van der Waals surface area contributed by atoms with E-state index in [0.29, 0.717) is 49.8 Å². The van der Waals surface area contributed by atoms with Crippen molar-refractivity contribution in [1.82, 2.24) is 10.2 Å². The number of hydrogen-bond donors (Lipinski definition) is 3. The molecule has 0 unspecified atom stereocenters. The van der Waals surface area contributed by atoms with Gasteiger partial charge in [-0.3, -0.25) is 9.59 Å². The Morgan fingerprint density at radius 2 is 2.03 bits per heavy atom. The van der Waals surface area contributed by atoms with Crippen LogP contribution in [0.1, 0.15) is 54.4 Å². The van der Waals surface area contributed by atoms with Crippen molar-refractivity contribution in [3.8, 4) is 11.5 Å². The minimum atomic E-state index is -0.478. The molecule has 1 aromatic rings. The van der Waals surface area contributed by atoms with Gasteiger partial charge in [-0.25, -0.2) is 0 Å². The molecule has 2 aliphatic heterocycles. The van der Waals surface area contributed by atoms with Crippen LogP contribution in [0.2, 0.25) is 0 Å². The number of benzene rings is 1. The molecule has 2 atom stereocenters. The van der Waals surface area contributed by atoms with E-state index in [0.717, 1.165) is 50.8 Å². The molecule has 0 aliphatic carbocycles. The van der Waals surface area contributed by atoms with Crippen LogP contribution < -0.4 is 20.5 Å². The molecule has 0 spiro atoms. The van der Waals surface area contributed by atoms with Gasteiger partial charge in [0.2, 0.25) is 5.91 Å². The van der Waals surface area contributed by atoms with Crippen molar-refractivity contribution in [1.29, 1.82) is 0 Å². The molecule has 1 aromatic carbocycles. The third-order valence-electron chi connectivity index (χ3n) is 5.96. The molecule has 4 N–H and O–H groups in total. The number of aryl methyl sites for hydroxylation is 1. The predicted molar refractivity (Wildman–Crippen MR) is 117 cm³/mol. The Hall–Kier alpha value is -2.32. The second-order valence-corrected chi connectivity index (χ2v) is 8.59. The minimum absolute atomic E-state index is 0.0237. The summed E-state index contributed by atoms with van der Waals surface area (Å²) in [6.45, 7) is 5.86. The standard InChI is InChI=1S/C23H35N3O5/c1-16-12-18(22-20(13-16)30-10-5-11-31-22)23(29)25-14-17-7-9-26(15-19(17)27)8-4-2-3-6-21(24)28/h12-13,17,19,27H,2-11,14-15H2,1H3,(H2,24,28)(H,25,29)/t17-,19+/m0/s1. The number of unbranched alkanes of at least 4 members (excludes halogenated alkanes) is 2. The fourth-order valence-corrected chi connectivity index (χ4v) is 4.20. The Bertz CT molecular complexity index is 770. The van der Waals surface area contributed by atoms with Crippen molar-refractivity contribution >= 4 is 11.8 Å². The van der Waals surface area contributed by atoms with Gasteiger partial charge in [-0.05, 0) is 57.0 Å². The zero-order valence-electron chi connectivity index (χ0n) is 18.4. The summed E-state index contributed by atoms with van der Waals surface area (Å²) in [5, 5.41) is 13.6. The highest BCUT2D eigenvalue weighted by Crippen LogP contribution is 2.34. The SMILES string of the molecule is Cc1cc2c(c(C(=O)NC[C@@H]3CCN(CCCCCC(N)=O)C[C@H]3O)c1)OCCCO2. The maximum Gasteiger partial charge on any atom is 0.255 e. The number of carbonyl (C=O) groups is 2. The Balaban J connectivity index is 1.46. The van der Waals surface area contributed by atoms with Gasteiger partial charge < -0.3 is 30.5 Å². The normalized spacial score (nSPS) is 21.4. The van der Waals surface area contributed by atoms with Gasteiger partial charge in [-0.2, -0.15) is 0 Å². The number of fused-ring (bicyclic) bond motifs is 1. The third kappa shape index (κ3) is 6.83. The number of nitrogens with zero attached hydrogens (tertiary/aromatic N) is 1. The van der Waals surface area contributed by atoms with Gasteiger partial charge >= 0.3 is 0 Å². The van der Waals surface area contributed by atoms with Gasteiger partial charge in [0.25, 0.3) is 5.91 Å². The second kappa shape index (κ2) is 11.3. The minimum Gasteiger partial charge on any atom is -0.490 e. The summed E-state index contributed by atoms with van der Waals surface area (Å²) < 4.78 is 11.5. The number of likely N-dealkylation sites (tertiary alicyclic amines) is 1. The number of aliphatic hydroxyl groups excluding tert-OH is 1. The highest BCUT2D eigenvalue weighted by atomic mass is 16.5. The molecule has 2 heterocycles. The quantitative estimate of drug-likeness (QED) is 0.510. The lowest BCUT2D eigenvalue weighted by atomic mass is 9.93. The number of piperidine rings is 1. The molecule has 0 bridgehead atoms. The van der Waals surface area contributed by atoms with E-state index in [4.69, 9.17) is 15.2 Å². The van der Waals surface area contributed by atoms with Crippen LogP contribution in [-0.2, 0) is 4.79 Å². The van der Waals surface area contributed by atoms with Crippen molar-refractivity contribution in [3.63, 3.8) is 0 Å². The molecule has 172 valence electrons. The van der Waals surface area contributed by atoms with E-state index in [2.05, 4.69) is 10.2 Å². The van der Waals surface area contributed by atoms with Crippen LogP contribution in [-0.4, -0.2) is 67.3 Å². The molecule has 2 aliphatic rings. The molecule has 0 saturated carbocycles. The first-order chi connectivity index (χ1) is 14.9. The highest BCUT2D eigenvalue weighted by Gasteiger charge is 2.28. The Morgan fingerprint density at radius 3 is 2.81 bits per heavy atom. The molecule has 1 fully saturated rings. The van der Waals surface area contributed by atoms with Crippen LogP contribution in [0.3, 0.4) is 0 Å². The summed E-state index contributed by atoms with van der Waals surface area (Å²) in [5.74, 6) is 0.698. The van der Waals surface area contributed by atoms with E-state index < -0.39 is 6.10 Å². The van der Waals surface area contributed by atoms with Crippen LogP contribution in [0.25, 0.3) is 0 Å². The monoisotopic (exact) mass is 433 g/mol. The summed E-state index contributed by atoms with van der Waals surface area (Å²) in [7, 11) is 0. The lowest BCUT2D eigenvalue weighted by Crippen LogP contribution is -2.47. The van der Waals surface area contributed by atoms with Crippen molar-refractivity contribution in [3.05, 3.63) is 23.3 Å². The molecule has 2 amide bonds. The van der Waals surface area contributed by atoms with Crippen molar-refractivity contribution < 1.29 is 24.2 Å². The maximum atomic E-state index is 12.9. The first-order valence-corrected chi connectivity index (χ1v) is 11.3. The molecule has 31 heavy (non-hydrogen) atoms. The van der Waals surface area contributed by atoms with Gasteiger partial charge in [-0.15, -0.1) is 0 Å². The Morgan fingerprint density at radius 1 is 1.23 bits per heavy atom. The molecule has 0 aromatic heterocycles. The Kier molecular flexibility index (Phi) is 8.54. The van der Waals surface area contributed by atoms with Crippen molar-refractivity contribution in [2.75, 3.05) is 39.4 Å². The smallest absolute Gasteiger partial charge is 0.255 e. The van der Waals surface area contributed by atoms with E-state index in [1.54, 1.807) is 0 Å². The number of nitrogens with one attached hydrogen (secondary N) is 1. The zero-order valence-corrected chi connectivity index (χ0v) is 18.4. The second-order valence-electron chi connectivity index (χ2n) is 8.59. The van der Waals surface area contributed by atoms with E-state index in [-0.39, 0.29) is 17.7 Å². The summed E-state index contributed by atoms with van der Waals surface area (Å²) in [6, 6.07) is 3.71. The number of β-amino-alcohol motifs (C(OH)–C–C–N with tert-alkyl or cyclic N) is 1. The fraction of sp³-hybridized carbons (Fsp3) is 0.652. The summed E-state index contributed by atoms with van der Waals surface area (Å²) in [5.41, 5.74) is 6.59.